The number of hydrogen-bond acceptors (Lipinski definition) is 4. The van der Waals surface area contributed by atoms with Crippen molar-refractivity contribution in [2.45, 2.75) is 0 Å². The molecule has 0 aliphatic carbocycles. The molecule has 0 aromatic heterocycles. The van der Waals surface area contributed by atoms with E-state index >= 15 is 0 Å². The summed E-state index contributed by atoms with van der Waals surface area (Å²) in [6.07, 6.45) is 0. The number of benzene rings is 2. The van der Waals surface area contributed by atoms with Crippen LogP contribution in [0.2, 0.25) is 0 Å². The molecular weight excluding hydrogens is 258 g/mol. The predicted octanol–water partition coefficient (Wildman–Crippen LogP) is 2.21. The van der Waals surface area contributed by atoms with Gasteiger partial charge in [-0.1, -0.05) is 6.07 Å². The quantitative estimate of drug-likeness (QED) is 0.657. The van der Waals surface area contributed by atoms with E-state index in [4.69, 9.17) is 15.6 Å². The van der Waals surface area contributed by atoms with Crippen molar-refractivity contribution in [3.8, 4) is 5.75 Å². The molecule has 0 heterocycles. The highest BCUT2D eigenvalue weighted by molar-refractivity contribution is 6.12. The van der Waals surface area contributed by atoms with E-state index in [2.05, 4.69) is 0 Å². The van der Waals surface area contributed by atoms with Crippen LogP contribution in [0.1, 0.15) is 26.3 Å². The smallest absolute Gasteiger partial charge is 0.339 e. The minimum absolute atomic E-state index is 0.0474. The lowest BCUT2D eigenvalue weighted by molar-refractivity contribution is 0.0693. The first-order valence-electron chi connectivity index (χ1n) is 5.85. The molecule has 0 unspecified atom stereocenters. The van der Waals surface area contributed by atoms with Gasteiger partial charge in [-0.3, -0.25) is 4.79 Å². The third-order valence-electron chi connectivity index (χ3n) is 2.87. The summed E-state index contributed by atoms with van der Waals surface area (Å²) in [5.74, 6) is -1.40. The van der Waals surface area contributed by atoms with E-state index in [0.29, 0.717) is 11.3 Å². The Morgan fingerprint density at radius 1 is 1.05 bits per heavy atom. The molecule has 0 atom stereocenters. The molecule has 0 bridgehead atoms. The average Bonchev–Trinajstić information content (AvgIpc) is 2.46. The van der Waals surface area contributed by atoms with Crippen LogP contribution in [0.15, 0.2) is 42.5 Å². The third-order valence-corrected chi connectivity index (χ3v) is 2.87. The van der Waals surface area contributed by atoms with Crippen molar-refractivity contribution >= 4 is 17.4 Å². The van der Waals surface area contributed by atoms with Crippen LogP contribution in [0.5, 0.6) is 5.75 Å². The molecule has 0 spiro atoms. The molecule has 0 amide bonds. The van der Waals surface area contributed by atoms with Crippen molar-refractivity contribution in [2.75, 3.05) is 12.8 Å². The van der Waals surface area contributed by atoms with Crippen LogP contribution in [0, 0.1) is 0 Å². The van der Waals surface area contributed by atoms with Gasteiger partial charge in [0.15, 0.2) is 5.78 Å². The Hall–Kier alpha value is -2.82. The average molecular weight is 271 g/mol. The molecule has 0 radical (unpaired) electrons. The maximum atomic E-state index is 12.4. The Morgan fingerprint density at radius 3 is 2.20 bits per heavy atom. The fourth-order valence-electron chi connectivity index (χ4n) is 1.89. The Kier molecular flexibility index (Phi) is 3.70. The number of carbonyl (C=O) groups is 2. The summed E-state index contributed by atoms with van der Waals surface area (Å²) in [4.78, 5) is 23.5. The second-order valence-corrected chi connectivity index (χ2v) is 4.14. The van der Waals surface area contributed by atoms with Crippen molar-refractivity contribution in [3.63, 3.8) is 0 Å². The highest BCUT2D eigenvalue weighted by Crippen LogP contribution is 2.26. The Balaban J connectivity index is 2.52. The number of methoxy groups -OCH3 is 1. The number of para-hydroxylation sites is 1. The highest BCUT2D eigenvalue weighted by Gasteiger charge is 2.20. The van der Waals surface area contributed by atoms with Gasteiger partial charge in [-0.15, -0.1) is 0 Å². The molecule has 20 heavy (non-hydrogen) atoms. The van der Waals surface area contributed by atoms with Crippen LogP contribution < -0.4 is 10.5 Å². The molecule has 0 saturated carbocycles. The van der Waals surface area contributed by atoms with E-state index in [1.807, 2.05) is 0 Å². The van der Waals surface area contributed by atoms with Gasteiger partial charge >= 0.3 is 5.97 Å². The van der Waals surface area contributed by atoms with E-state index in [-0.39, 0.29) is 22.7 Å². The molecule has 2 aromatic rings. The van der Waals surface area contributed by atoms with Crippen molar-refractivity contribution in [2.24, 2.45) is 0 Å². The summed E-state index contributed by atoms with van der Waals surface area (Å²) in [7, 11) is 1.33. The molecule has 3 N–H and O–H groups in total. The minimum atomic E-state index is -1.14. The fourth-order valence-corrected chi connectivity index (χ4v) is 1.89. The van der Waals surface area contributed by atoms with Crippen LogP contribution in [0.3, 0.4) is 0 Å². The molecule has 5 nitrogen and oxygen atoms in total. The first-order chi connectivity index (χ1) is 9.54. The van der Waals surface area contributed by atoms with Gasteiger partial charge in [0, 0.05) is 11.3 Å². The first kappa shape index (κ1) is 13.6. The third kappa shape index (κ3) is 2.47. The van der Waals surface area contributed by atoms with E-state index in [1.165, 1.54) is 25.3 Å². The number of nitrogens with two attached hydrogens (primary N) is 1. The van der Waals surface area contributed by atoms with Crippen molar-refractivity contribution in [1.29, 1.82) is 0 Å². The number of rotatable bonds is 4. The molecule has 0 aliphatic heterocycles. The molecule has 0 saturated heterocycles. The van der Waals surface area contributed by atoms with Gasteiger partial charge in [-0.25, -0.2) is 4.79 Å². The van der Waals surface area contributed by atoms with E-state index in [9.17, 15) is 9.59 Å². The minimum Gasteiger partial charge on any atom is -0.495 e. The van der Waals surface area contributed by atoms with Gasteiger partial charge in [0.2, 0.25) is 0 Å². The summed E-state index contributed by atoms with van der Waals surface area (Å²) >= 11 is 0. The number of carboxylic acids is 1. The number of hydrogen-bond donors (Lipinski definition) is 2. The second-order valence-electron chi connectivity index (χ2n) is 4.14. The van der Waals surface area contributed by atoms with Crippen LogP contribution in [-0.2, 0) is 0 Å². The number of ether oxygens (including phenoxy) is 1. The van der Waals surface area contributed by atoms with Gasteiger partial charge in [-0.2, -0.15) is 0 Å². The van der Waals surface area contributed by atoms with Crippen molar-refractivity contribution < 1.29 is 19.4 Å². The summed E-state index contributed by atoms with van der Waals surface area (Å²) < 4.78 is 5.08. The fraction of sp³-hybridized carbons (Fsp3) is 0.0667. The van der Waals surface area contributed by atoms with Crippen LogP contribution in [0.4, 0.5) is 5.69 Å². The monoisotopic (exact) mass is 271 g/mol. The number of carbonyl (C=O) groups excluding carboxylic acids is 1. The highest BCUT2D eigenvalue weighted by atomic mass is 16.5. The van der Waals surface area contributed by atoms with Crippen LogP contribution in [0.25, 0.3) is 0 Å². The predicted molar refractivity (Wildman–Crippen MR) is 74.2 cm³/mol. The second kappa shape index (κ2) is 5.44. The van der Waals surface area contributed by atoms with E-state index in [1.54, 1.807) is 24.3 Å². The number of ketones is 1. The lowest BCUT2D eigenvalue weighted by Gasteiger charge is -2.10. The maximum absolute atomic E-state index is 12.4. The van der Waals surface area contributed by atoms with E-state index < -0.39 is 5.97 Å². The first-order valence-corrected chi connectivity index (χ1v) is 5.85. The number of aromatic carboxylic acids is 1. The summed E-state index contributed by atoms with van der Waals surface area (Å²) in [5.41, 5.74) is 6.70. The summed E-state index contributed by atoms with van der Waals surface area (Å²) in [6.45, 7) is 0. The van der Waals surface area contributed by atoms with E-state index in [0.717, 1.165) is 0 Å². The molecule has 2 rings (SSSR count). The molecule has 102 valence electrons. The summed E-state index contributed by atoms with van der Waals surface area (Å²) in [5, 5.41) is 9.10. The normalized spacial score (nSPS) is 10.1. The topological polar surface area (TPSA) is 89.6 Å². The van der Waals surface area contributed by atoms with Crippen molar-refractivity contribution in [1.82, 2.24) is 0 Å². The van der Waals surface area contributed by atoms with Gasteiger partial charge in [0.1, 0.15) is 11.3 Å². The zero-order chi connectivity index (χ0) is 14.7. The Morgan fingerprint density at radius 2 is 1.65 bits per heavy atom. The molecule has 0 fully saturated rings. The van der Waals surface area contributed by atoms with Gasteiger partial charge in [0.25, 0.3) is 0 Å². The zero-order valence-electron chi connectivity index (χ0n) is 10.8. The standard InChI is InChI=1S/C15H13NO4/c1-20-14-11(3-2-4-12(14)15(18)19)13(17)9-5-7-10(16)8-6-9/h2-8H,16H2,1H3,(H,18,19). The molecule has 5 heteroatoms. The largest absolute Gasteiger partial charge is 0.495 e. The lowest BCUT2D eigenvalue weighted by atomic mass is 9.99. The molecule has 2 aromatic carbocycles. The number of nitrogen functional groups attached to an aromatic ring is 1. The maximum Gasteiger partial charge on any atom is 0.339 e. The molecule has 0 aliphatic rings. The molecular formula is C15H13NO4. The van der Waals surface area contributed by atoms with Gasteiger partial charge < -0.3 is 15.6 Å². The number of anilines is 1. The van der Waals surface area contributed by atoms with Gasteiger partial charge in [0.05, 0.1) is 12.7 Å². The zero-order valence-corrected chi connectivity index (χ0v) is 10.8. The van der Waals surface area contributed by atoms with Crippen molar-refractivity contribution in [3.05, 3.63) is 59.2 Å². The lowest BCUT2D eigenvalue weighted by Crippen LogP contribution is -2.08. The SMILES string of the molecule is COc1c(C(=O)O)cccc1C(=O)c1ccc(N)cc1. The summed E-state index contributed by atoms with van der Waals surface area (Å²) in [6, 6.07) is 10.8. The van der Waals surface area contributed by atoms with Crippen LogP contribution in [-0.4, -0.2) is 24.0 Å². The Labute approximate surface area is 115 Å². The number of carboxylic acid groups (broad SMARTS) is 1. The van der Waals surface area contributed by atoms with Gasteiger partial charge in [-0.05, 0) is 36.4 Å². The van der Waals surface area contributed by atoms with Crippen LogP contribution >= 0.6 is 0 Å². The Bertz CT molecular complexity index is 662.